The zero-order chi connectivity index (χ0) is 19.7. The fraction of sp³-hybridized carbons (Fsp3) is 0.167. The highest BCUT2D eigenvalue weighted by atomic mass is 19.1. The molecule has 0 saturated carbocycles. The van der Waals surface area contributed by atoms with E-state index in [0.717, 1.165) is 17.0 Å². The lowest BCUT2D eigenvalue weighted by Gasteiger charge is -2.23. The van der Waals surface area contributed by atoms with Gasteiger partial charge in [0.15, 0.2) is 0 Å². The number of likely N-dealkylation sites (N-methyl/N-ethyl adjacent to an activating group) is 1. The summed E-state index contributed by atoms with van der Waals surface area (Å²) in [6, 6.07) is 8.60. The summed E-state index contributed by atoms with van der Waals surface area (Å²) >= 11 is 0. The van der Waals surface area contributed by atoms with Gasteiger partial charge in [-0.15, -0.1) is 0 Å². The number of nitro benzene ring substituents is 1. The van der Waals surface area contributed by atoms with Crippen LogP contribution in [0.3, 0.4) is 0 Å². The summed E-state index contributed by atoms with van der Waals surface area (Å²) < 4.78 is 13.1. The molecule has 0 spiro atoms. The predicted molar refractivity (Wildman–Crippen MR) is 92.9 cm³/mol. The molecule has 0 unspecified atom stereocenters. The van der Waals surface area contributed by atoms with Crippen LogP contribution in [-0.4, -0.2) is 40.6 Å². The van der Waals surface area contributed by atoms with Gasteiger partial charge in [-0.2, -0.15) is 0 Å². The lowest BCUT2D eigenvalue weighted by molar-refractivity contribution is -0.384. The lowest BCUT2D eigenvalue weighted by Crippen LogP contribution is -2.42. The van der Waals surface area contributed by atoms with Gasteiger partial charge in [0, 0.05) is 24.4 Å². The first-order valence-electron chi connectivity index (χ1n) is 8.04. The first kappa shape index (κ1) is 18.2. The van der Waals surface area contributed by atoms with Crippen LogP contribution >= 0.6 is 0 Å². The Morgan fingerprint density at radius 1 is 1.11 bits per heavy atom. The van der Waals surface area contributed by atoms with Crippen LogP contribution in [0, 0.1) is 15.9 Å². The van der Waals surface area contributed by atoms with Gasteiger partial charge in [0.05, 0.1) is 16.1 Å². The average Bonchev–Trinajstić information content (AvgIpc) is 2.88. The van der Waals surface area contributed by atoms with Crippen molar-refractivity contribution in [2.45, 2.75) is 6.92 Å². The van der Waals surface area contributed by atoms with Gasteiger partial charge >= 0.3 is 0 Å². The Morgan fingerprint density at radius 2 is 1.74 bits per heavy atom. The number of anilines is 1. The number of benzene rings is 2. The topological polar surface area (TPSA) is 101 Å². The van der Waals surface area contributed by atoms with Crippen LogP contribution in [0.5, 0.6) is 0 Å². The molecule has 27 heavy (non-hydrogen) atoms. The second-order valence-corrected chi connectivity index (χ2v) is 5.80. The molecule has 3 rings (SSSR count). The third-order valence-electron chi connectivity index (χ3n) is 4.21. The number of halogens is 1. The van der Waals surface area contributed by atoms with Gasteiger partial charge in [-0.05, 0) is 37.3 Å². The Bertz CT molecular complexity index is 958. The minimum atomic E-state index is -0.762. The van der Waals surface area contributed by atoms with E-state index < -0.39 is 35.0 Å². The molecule has 3 amide bonds. The molecule has 0 atom stereocenters. The quantitative estimate of drug-likeness (QED) is 0.456. The van der Waals surface area contributed by atoms with Gasteiger partial charge in [-0.3, -0.25) is 29.4 Å². The van der Waals surface area contributed by atoms with Crippen LogP contribution in [0.25, 0.3) is 0 Å². The maximum absolute atomic E-state index is 13.1. The van der Waals surface area contributed by atoms with Crippen LogP contribution in [-0.2, 0) is 4.79 Å². The molecule has 1 heterocycles. The Hall–Kier alpha value is -3.62. The monoisotopic (exact) mass is 371 g/mol. The van der Waals surface area contributed by atoms with Gasteiger partial charge in [-0.25, -0.2) is 4.39 Å². The highest BCUT2D eigenvalue weighted by Gasteiger charge is 2.38. The Balaban J connectivity index is 1.83. The molecule has 9 heteroatoms. The number of nitrogens with zero attached hydrogens (tertiary/aromatic N) is 3. The summed E-state index contributed by atoms with van der Waals surface area (Å²) in [4.78, 5) is 49.8. The molecular weight excluding hydrogens is 357 g/mol. The number of non-ortho nitro benzene ring substituents is 1. The average molecular weight is 371 g/mol. The minimum Gasteiger partial charge on any atom is -0.311 e. The maximum atomic E-state index is 13.1. The Morgan fingerprint density at radius 3 is 2.33 bits per heavy atom. The summed E-state index contributed by atoms with van der Waals surface area (Å²) in [5.41, 5.74) is 0.0239. The van der Waals surface area contributed by atoms with Crippen molar-refractivity contribution in [3.8, 4) is 0 Å². The molecule has 0 aliphatic carbocycles. The normalized spacial score (nSPS) is 12.9. The molecule has 0 N–H and O–H groups in total. The SMILES string of the molecule is CCN(C(=O)CN1C(=O)c2ccc([N+](=O)[O-])cc2C1=O)c1ccc(F)cc1. The van der Waals surface area contributed by atoms with Crippen LogP contribution in [0.4, 0.5) is 15.8 Å². The van der Waals surface area contributed by atoms with Crippen molar-refractivity contribution in [2.24, 2.45) is 0 Å². The van der Waals surface area contributed by atoms with E-state index in [-0.39, 0.29) is 23.4 Å². The third-order valence-corrected chi connectivity index (χ3v) is 4.21. The zero-order valence-corrected chi connectivity index (χ0v) is 14.2. The van der Waals surface area contributed by atoms with Gasteiger partial charge in [-0.1, -0.05) is 0 Å². The molecule has 0 bridgehead atoms. The second-order valence-electron chi connectivity index (χ2n) is 5.80. The molecule has 1 aliphatic rings. The van der Waals surface area contributed by atoms with E-state index in [2.05, 4.69) is 0 Å². The first-order chi connectivity index (χ1) is 12.8. The number of hydrogen-bond donors (Lipinski definition) is 0. The summed E-state index contributed by atoms with van der Waals surface area (Å²) in [5, 5.41) is 10.9. The van der Waals surface area contributed by atoms with E-state index in [1.54, 1.807) is 6.92 Å². The van der Waals surface area contributed by atoms with Crippen LogP contribution < -0.4 is 4.90 Å². The number of amides is 3. The maximum Gasteiger partial charge on any atom is 0.270 e. The molecule has 2 aromatic rings. The molecule has 0 aromatic heterocycles. The summed E-state index contributed by atoms with van der Waals surface area (Å²) in [6.07, 6.45) is 0. The summed E-state index contributed by atoms with van der Waals surface area (Å²) in [6.45, 7) is 1.43. The fourth-order valence-corrected chi connectivity index (χ4v) is 2.88. The molecule has 1 aliphatic heterocycles. The number of carbonyl (C=O) groups is 3. The molecule has 0 saturated heterocycles. The molecule has 0 radical (unpaired) electrons. The number of hydrogen-bond acceptors (Lipinski definition) is 5. The van der Waals surface area contributed by atoms with Crippen molar-refractivity contribution in [1.82, 2.24) is 4.90 Å². The molecule has 0 fully saturated rings. The van der Waals surface area contributed by atoms with Crippen molar-refractivity contribution in [2.75, 3.05) is 18.0 Å². The van der Waals surface area contributed by atoms with Crippen LogP contribution in [0.1, 0.15) is 27.6 Å². The number of fused-ring (bicyclic) bond motifs is 1. The van der Waals surface area contributed by atoms with Crippen molar-refractivity contribution in [1.29, 1.82) is 0 Å². The highest BCUT2D eigenvalue weighted by Crippen LogP contribution is 2.27. The number of rotatable bonds is 5. The second kappa shape index (κ2) is 6.94. The molecule has 138 valence electrons. The van der Waals surface area contributed by atoms with Crippen molar-refractivity contribution in [3.05, 3.63) is 69.5 Å². The highest BCUT2D eigenvalue weighted by molar-refractivity contribution is 6.23. The van der Waals surface area contributed by atoms with Gasteiger partial charge in [0.1, 0.15) is 12.4 Å². The van der Waals surface area contributed by atoms with E-state index in [4.69, 9.17) is 0 Å². The smallest absolute Gasteiger partial charge is 0.270 e. The van der Waals surface area contributed by atoms with E-state index in [1.807, 2.05) is 0 Å². The molecule has 2 aromatic carbocycles. The predicted octanol–water partition coefficient (Wildman–Crippen LogP) is 2.38. The van der Waals surface area contributed by atoms with Crippen LogP contribution in [0.2, 0.25) is 0 Å². The Labute approximate surface area is 152 Å². The van der Waals surface area contributed by atoms with Crippen molar-refractivity contribution in [3.63, 3.8) is 0 Å². The van der Waals surface area contributed by atoms with Crippen molar-refractivity contribution >= 4 is 29.1 Å². The minimum absolute atomic E-state index is 0.0169. The van der Waals surface area contributed by atoms with Gasteiger partial charge in [0.25, 0.3) is 17.5 Å². The van der Waals surface area contributed by atoms with Crippen molar-refractivity contribution < 1.29 is 23.7 Å². The zero-order valence-electron chi connectivity index (χ0n) is 14.2. The number of nitro groups is 1. The fourth-order valence-electron chi connectivity index (χ4n) is 2.88. The summed E-state index contributed by atoms with van der Waals surface area (Å²) in [5.74, 6) is -2.44. The van der Waals surface area contributed by atoms with E-state index in [0.29, 0.717) is 5.69 Å². The molecule has 8 nitrogen and oxygen atoms in total. The standard InChI is InChI=1S/C18H14FN3O5/c1-2-20(12-5-3-11(19)4-6-12)16(23)10-21-17(24)14-8-7-13(22(26)27)9-15(14)18(21)25/h3-9H,2,10H2,1H3. The number of imide groups is 1. The third kappa shape index (κ3) is 3.26. The van der Waals surface area contributed by atoms with Gasteiger partial charge in [0.2, 0.25) is 5.91 Å². The first-order valence-corrected chi connectivity index (χ1v) is 8.04. The lowest BCUT2D eigenvalue weighted by atomic mass is 10.1. The van der Waals surface area contributed by atoms with Gasteiger partial charge < -0.3 is 4.90 Å². The van der Waals surface area contributed by atoms with E-state index in [1.165, 1.54) is 35.2 Å². The Kier molecular flexibility index (Phi) is 4.68. The largest absolute Gasteiger partial charge is 0.311 e. The van der Waals surface area contributed by atoms with Crippen LogP contribution in [0.15, 0.2) is 42.5 Å². The van der Waals surface area contributed by atoms with E-state index in [9.17, 15) is 28.9 Å². The number of carbonyl (C=O) groups excluding carboxylic acids is 3. The summed E-state index contributed by atoms with van der Waals surface area (Å²) in [7, 11) is 0. The molecular formula is C18H14FN3O5. The van der Waals surface area contributed by atoms with E-state index >= 15 is 0 Å².